The van der Waals surface area contributed by atoms with Gasteiger partial charge in [-0.25, -0.2) is 4.79 Å². The van der Waals surface area contributed by atoms with Gasteiger partial charge in [0, 0.05) is 16.5 Å². The van der Waals surface area contributed by atoms with E-state index in [1.54, 1.807) is 19.1 Å². The molecule has 7 nitrogen and oxygen atoms in total. The molecule has 1 amide bonds. The molecule has 0 bridgehead atoms. The Bertz CT molecular complexity index is 1190. The van der Waals surface area contributed by atoms with E-state index in [9.17, 15) is 9.59 Å². The molecular weight excluding hydrogens is 360 g/mol. The van der Waals surface area contributed by atoms with E-state index in [-0.39, 0.29) is 5.56 Å². The van der Waals surface area contributed by atoms with Gasteiger partial charge in [-0.05, 0) is 37.6 Å². The van der Waals surface area contributed by atoms with Gasteiger partial charge in [-0.15, -0.1) is 0 Å². The number of benzene rings is 2. The zero-order chi connectivity index (χ0) is 19.7. The Hall–Kier alpha value is -3.61. The highest BCUT2D eigenvalue weighted by Gasteiger charge is 2.21. The number of carbonyl (C=O) groups excluding carboxylic acids is 2. The van der Waals surface area contributed by atoms with Crippen molar-refractivity contribution in [2.45, 2.75) is 20.3 Å². The number of fused-ring (bicyclic) bond motifs is 3. The van der Waals surface area contributed by atoms with Crippen LogP contribution >= 0.6 is 0 Å². The van der Waals surface area contributed by atoms with Gasteiger partial charge in [-0.3, -0.25) is 4.79 Å². The van der Waals surface area contributed by atoms with Crippen LogP contribution in [0.2, 0.25) is 0 Å². The lowest BCUT2D eigenvalue weighted by Gasteiger charge is -2.07. The van der Waals surface area contributed by atoms with Crippen LogP contribution in [0.3, 0.4) is 0 Å². The predicted molar refractivity (Wildman–Crippen MR) is 103 cm³/mol. The number of hydrogen-bond acceptors (Lipinski definition) is 6. The second kappa shape index (κ2) is 7.19. The summed E-state index contributed by atoms with van der Waals surface area (Å²) >= 11 is 0. The highest BCUT2D eigenvalue weighted by atomic mass is 16.5. The lowest BCUT2D eigenvalue weighted by molar-refractivity contribution is -0.119. The second-order valence-corrected chi connectivity index (χ2v) is 6.35. The molecule has 0 aliphatic carbocycles. The first kappa shape index (κ1) is 17.8. The number of furan rings is 1. The van der Waals surface area contributed by atoms with Crippen LogP contribution in [-0.2, 0) is 16.0 Å². The van der Waals surface area contributed by atoms with E-state index in [1.165, 1.54) is 0 Å². The fraction of sp³-hybridized carbons (Fsp3) is 0.190. The molecule has 0 unspecified atom stereocenters. The van der Waals surface area contributed by atoms with E-state index in [1.807, 2.05) is 37.3 Å². The molecule has 1 N–H and O–H groups in total. The summed E-state index contributed by atoms with van der Waals surface area (Å²) in [5.41, 5.74) is 2.91. The van der Waals surface area contributed by atoms with E-state index in [0.717, 1.165) is 21.9 Å². The van der Waals surface area contributed by atoms with Gasteiger partial charge in [0.15, 0.2) is 6.61 Å². The van der Waals surface area contributed by atoms with Crippen molar-refractivity contribution in [1.82, 2.24) is 5.16 Å². The number of aryl methyl sites for hydroxylation is 2. The normalized spacial score (nSPS) is 11.1. The van der Waals surface area contributed by atoms with Crippen molar-refractivity contribution in [3.63, 3.8) is 0 Å². The van der Waals surface area contributed by atoms with Crippen LogP contribution in [0.15, 0.2) is 51.4 Å². The summed E-state index contributed by atoms with van der Waals surface area (Å²) in [6.45, 7) is 3.08. The maximum atomic E-state index is 12.2. The minimum atomic E-state index is -0.623. The SMILES string of the molecule is CCc1noc(C)c1C(=O)OCC(=O)Nc1ccc2oc3ccccc3c2c1. The van der Waals surface area contributed by atoms with Gasteiger partial charge in [0.2, 0.25) is 0 Å². The third-order valence-electron chi connectivity index (χ3n) is 4.47. The highest BCUT2D eigenvalue weighted by molar-refractivity contribution is 6.07. The number of ether oxygens (including phenoxy) is 1. The van der Waals surface area contributed by atoms with E-state index in [0.29, 0.717) is 23.6 Å². The molecule has 0 saturated carbocycles. The Balaban J connectivity index is 1.45. The molecule has 2 heterocycles. The molecular formula is C21H18N2O5. The number of para-hydroxylation sites is 1. The molecule has 4 aromatic rings. The van der Waals surface area contributed by atoms with Crippen LogP contribution in [-0.4, -0.2) is 23.6 Å². The third kappa shape index (κ3) is 3.22. The molecule has 0 fully saturated rings. The fourth-order valence-electron chi connectivity index (χ4n) is 3.13. The number of nitrogens with zero attached hydrogens (tertiary/aromatic N) is 1. The number of carbonyl (C=O) groups is 2. The standard InChI is InChI=1S/C21H18N2O5/c1-3-16-20(12(2)28-23-16)21(25)26-11-19(24)22-13-8-9-18-15(10-13)14-6-4-5-7-17(14)27-18/h4-10H,3,11H2,1-2H3,(H,22,24). The van der Waals surface area contributed by atoms with Crippen molar-refractivity contribution in [2.75, 3.05) is 11.9 Å². The Morgan fingerprint density at radius 3 is 2.71 bits per heavy atom. The van der Waals surface area contributed by atoms with Gasteiger partial charge in [0.1, 0.15) is 22.5 Å². The Morgan fingerprint density at radius 2 is 1.89 bits per heavy atom. The smallest absolute Gasteiger partial charge is 0.344 e. The molecule has 0 aliphatic heterocycles. The van der Waals surface area contributed by atoms with Crippen LogP contribution in [0.5, 0.6) is 0 Å². The molecule has 7 heteroatoms. The van der Waals surface area contributed by atoms with Crippen LogP contribution in [0.25, 0.3) is 21.9 Å². The summed E-state index contributed by atoms with van der Waals surface area (Å²) in [4.78, 5) is 24.4. The van der Waals surface area contributed by atoms with Crippen molar-refractivity contribution in [3.8, 4) is 0 Å². The number of esters is 1. The first-order valence-corrected chi connectivity index (χ1v) is 8.90. The molecule has 2 aromatic carbocycles. The summed E-state index contributed by atoms with van der Waals surface area (Å²) in [5, 5.41) is 8.42. The Labute approximate surface area is 160 Å². The zero-order valence-corrected chi connectivity index (χ0v) is 15.4. The maximum Gasteiger partial charge on any atom is 0.344 e. The molecule has 0 saturated heterocycles. The van der Waals surface area contributed by atoms with E-state index < -0.39 is 18.5 Å². The number of nitrogens with one attached hydrogen (secondary N) is 1. The average Bonchev–Trinajstić information content (AvgIpc) is 3.26. The van der Waals surface area contributed by atoms with Crippen molar-refractivity contribution < 1.29 is 23.3 Å². The number of anilines is 1. The summed E-state index contributed by atoms with van der Waals surface area (Å²) in [6, 6.07) is 13.1. The Morgan fingerprint density at radius 1 is 1.11 bits per heavy atom. The Kier molecular flexibility index (Phi) is 4.57. The van der Waals surface area contributed by atoms with E-state index in [2.05, 4.69) is 10.5 Å². The minimum absolute atomic E-state index is 0.279. The van der Waals surface area contributed by atoms with Gasteiger partial charge >= 0.3 is 5.97 Å². The number of amides is 1. The molecule has 0 atom stereocenters. The number of rotatable bonds is 5. The van der Waals surface area contributed by atoms with E-state index >= 15 is 0 Å². The molecule has 2 aromatic heterocycles. The van der Waals surface area contributed by atoms with Gasteiger partial charge in [0.05, 0.1) is 5.69 Å². The summed E-state index contributed by atoms with van der Waals surface area (Å²) in [6.07, 6.45) is 0.534. The fourth-order valence-corrected chi connectivity index (χ4v) is 3.13. The predicted octanol–water partition coefficient (Wildman–Crippen LogP) is 4.24. The molecule has 142 valence electrons. The van der Waals surface area contributed by atoms with Gasteiger partial charge in [-0.1, -0.05) is 30.3 Å². The first-order chi connectivity index (χ1) is 13.6. The quantitative estimate of drug-likeness (QED) is 0.522. The van der Waals surface area contributed by atoms with Crippen molar-refractivity contribution in [3.05, 3.63) is 59.5 Å². The number of aromatic nitrogens is 1. The second-order valence-electron chi connectivity index (χ2n) is 6.35. The van der Waals surface area contributed by atoms with Gasteiger partial charge in [-0.2, -0.15) is 0 Å². The summed E-state index contributed by atoms with van der Waals surface area (Å²) < 4.78 is 15.9. The average molecular weight is 378 g/mol. The zero-order valence-electron chi connectivity index (χ0n) is 15.4. The molecule has 28 heavy (non-hydrogen) atoms. The monoisotopic (exact) mass is 378 g/mol. The molecule has 0 aliphatic rings. The maximum absolute atomic E-state index is 12.2. The molecule has 0 spiro atoms. The molecule has 0 radical (unpaired) electrons. The van der Waals surface area contributed by atoms with Crippen LogP contribution in [0, 0.1) is 6.92 Å². The van der Waals surface area contributed by atoms with Gasteiger partial charge < -0.3 is 19.0 Å². The summed E-state index contributed by atoms with van der Waals surface area (Å²) in [5.74, 6) is -0.686. The van der Waals surface area contributed by atoms with Crippen LogP contribution < -0.4 is 5.32 Å². The topological polar surface area (TPSA) is 94.6 Å². The summed E-state index contributed by atoms with van der Waals surface area (Å²) in [7, 11) is 0. The van der Waals surface area contributed by atoms with Crippen LogP contribution in [0.4, 0.5) is 5.69 Å². The largest absolute Gasteiger partial charge is 0.456 e. The minimum Gasteiger partial charge on any atom is -0.456 e. The first-order valence-electron chi connectivity index (χ1n) is 8.90. The number of hydrogen-bond donors (Lipinski definition) is 1. The highest BCUT2D eigenvalue weighted by Crippen LogP contribution is 2.30. The van der Waals surface area contributed by atoms with Crippen molar-refractivity contribution in [1.29, 1.82) is 0 Å². The lowest BCUT2D eigenvalue weighted by atomic mass is 10.1. The van der Waals surface area contributed by atoms with Gasteiger partial charge in [0.25, 0.3) is 5.91 Å². The third-order valence-corrected chi connectivity index (χ3v) is 4.47. The lowest BCUT2D eigenvalue weighted by Crippen LogP contribution is -2.21. The van der Waals surface area contributed by atoms with Crippen molar-refractivity contribution >= 4 is 39.5 Å². The van der Waals surface area contributed by atoms with Crippen LogP contribution in [0.1, 0.15) is 28.7 Å². The van der Waals surface area contributed by atoms with E-state index in [4.69, 9.17) is 13.7 Å². The van der Waals surface area contributed by atoms with Crippen molar-refractivity contribution in [2.24, 2.45) is 0 Å². The molecule has 4 rings (SSSR count).